The van der Waals surface area contributed by atoms with Gasteiger partial charge in [-0.25, -0.2) is 5.43 Å². The maximum absolute atomic E-state index is 10.9. The minimum atomic E-state index is -0.815. The van der Waals surface area contributed by atoms with E-state index in [9.17, 15) is 9.59 Å². The minimum Gasteiger partial charge on any atom is -0.351 e. The number of pyridine rings is 1. The molecule has 0 bridgehead atoms. The van der Waals surface area contributed by atoms with Crippen molar-refractivity contribution >= 4 is 18.0 Å². The van der Waals surface area contributed by atoms with Crippen LogP contribution in [0.4, 0.5) is 0 Å². The molecule has 2 amide bonds. The van der Waals surface area contributed by atoms with Crippen LogP contribution >= 0.6 is 0 Å². The number of nitrogens with one attached hydrogen (secondary N) is 2. The number of carbonyl (C=O) groups excluding carboxylic acids is 2. The lowest BCUT2D eigenvalue weighted by atomic mass is 10.4. The van der Waals surface area contributed by atoms with Gasteiger partial charge >= 0.3 is 11.8 Å². The van der Waals surface area contributed by atoms with E-state index in [0.29, 0.717) is 5.69 Å². The van der Waals surface area contributed by atoms with Crippen molar-refractivity contribution in [2.45, 2.75) is 0 Å². The summed E-state index contributed by atoms with van der Waals surface area (Å²) < 4.78 is 0. The van der Waals surface area contributed by atoms with Gasteiger partial charge in [0.1, 0.15) is 0 Å². The molecule has 6 heteroatoms. The second kappa shape index (κ2) is 5.48. The van der Waals surface area contributed by atoms with Crippen molar-refractivity contribution in [3.8, 4) is 0 Å². The molecule has 78 valence electrons. The third-order valence-corrected chi connectivity index (χ3v) is 1.48. The van der Waals surface area contributed by atoms with Crippen LogP contribution in [0.2, 0.25) is 0 Å². The summed E-state index contributed by atoms with van der Waals surface area (Å²) in [4.78, 5) is 25.6. The summed E-state index contributed by atoms with van der Waals surface area (Å²) in [5.41, 5.74) is 2.65. The van der Waals surface area contributed by atoms with Gasteiger partial charge in [0.15, 0.2) is 0 Å². The van der Waals surface area contributed by atoms with Gasteiger partial charge < -0.3 is 5.32 Å². The molecular formula is C9H10N4O2. The van der Waals surface area contributed by atoms with Gasteiger partial charge in [-0.2, -0.15) is 5.10 Å². The second-order valence-corrected chi connectivity index (χ2v) is 2.53. The molecule has 2 N–H and O–H groups in total. The lowest BCUT2D eigenvalue weighted by Gasteiger charge is -1.96. The Labute approximate surface area is 86.4 Å². The third kappa shape index (κ3) is 3.55. The fourth-order valence-electron chi connectivity index (χ4n) is 0.774. The first kappa shape index (κ1) is 10.8. The fourth-order valence-corrected chi connectivity index (χ4v) is 0.774. The van der Waals surface area contributed by atoms with Crippen LogP contribution in [0.15, 0.2) is 29.5 Å². The highest BCUT2D eigenvalue weighted by atomic mass is 16.2. The van der Waals surface area contributed by atoms with Gasteiger partial charge in [-0.15, -0.1) is 0 Å². The molecule has 6 nitrogen and oxygen atoms in total. The van der Waals surface area contributed by atoms with E-state index in [0.717, 1.165) is 0 Å². The largest absolute Gasteiger partial charge is 0.351 e. The van der Waals surface area contributed by atoms with Crippen LogP contribution in [0.25, 0.3) is 0 Å². The van der Waals surface area contributed by atoms with E-state index in [2.05, 4.69) is 20.8 Å². The van der Waals surface area contributed by atoms with Gasteiger partial charge in [-0.05, 0) is 12.1 Å². The second-order valence-electron chi connectivity index (χ2n) is 2.53. The van der Waals surface area contributed by atoms with Gasteiger partial charge in [0.05, 0.1) is 11.9 Å². The molecule has 0 aromatic carbocycles. The number of hydrogen-bond acceptors (Lipinski definition) is 4. The van der Waals surface area contributed by atoms with Crippen LogP contribution in [0.3, 0.4) is 0 Å². The lowest BCUT2D eigenvalue weighted by molar-refractivity contribution is -0.138. The zero-order valence-corrected chi connectivity index (χ0v) is 8.10. The predicted molar refractivity (Wildman–Crippen MR) is 54.0 cm³/mol. The molecule has 0 spiro atoms. The molecule has 0 aliphatic rings. The normalized spacial score (nSPS) is 9.93. The summed E-state index contributed by atoms with van der Waals surface area (Å²) in [6.45, 7) is 0. The van der Waals surface area contributed by atoms with E-state index < -0.39 is 11.8 Å². The van der Waals surface area contributed by atoms with Gasteiger partial charge in [0, 0.05) is 13.2 Å². The molecule has 1 aromatic heterocycles. The maximum atomic E-state index is 10.9. The molecule has 1 aromatic rings. The van der Waals surface area contributed by atoms with Gasteiger partial charge in [-0.1, -0.05) is 6.07 Å². The number of aromatic nitrogens is 1. The van der Waals surface area contributed by atoms with Crippen molar-refractivity contribution in [2.24, 2.45) is 5.10 Å². The summed E-state index contributed by atoms with van der Waals surface area (Å²) >= 11 is 0. The number of rotatable bonds is 2. The fraction of sp³-hybridized carbons (Fsp3) is 0.111. The van der Waals surface area contributed by atoms with Crippen molar-refractivity contribution in [3.05, 3.63) is 30.1 Å². The average molecular weight is 206 g/mol. The van der Waals surface area contributed by atoms with E-state index in [1.807, 2.05) is 0 Å². The Bertz CT molecular complexity index is 375. The zero-order chi connectivity index (χ0) is 11.1. The summed E-state index contributed by atoms with van der Waals surface area (Å²) in [6, 6.07) is 5.27. The monoisotopic (exact) mass is 206 g/mol. The van der Waals surface area contributed by atoms with Crippen molar-refractivity contribution in [2.75, 3.05) is 7.05 Å². The van der Waals surface area contributed by atoms with Crippen LogP contribution in [0, 0.1) is 0 Å². The SMILES string of the molecule is CNC(=O)C(=O)NN=Cc1ccccn1. The number of amides is 2. The molecule has 0 saturated carbocycles. The summed E-state index contributed by atoms with van der Waals surface area (Å²) in [7, 11) is 1.37. The minimum absolute atomic E-state index is 0.592. The van der Waals surface area contributed by atoms with E-state index >= 15 is 0 Å². The lowest BCUT2D eigenvalue weighted by Crippen LogP contribution is -2.35. The first-order valence-electron chi connectivity index (χ1n) is 4.20. The zero-order valence-electron chi connectivity index (χ0n) is 8.10. The van der Waals surface area contributed by atoms with Crippen LogP contribution in [0.5, 0.6) is 0 Å². The van der Waals surface area contributed by atoms with Crippen molar-refractivity contribution in [1.82, 2.24) is 15.7 Å². The maximum Gasteiger partial charge on any atom is 0.329 e. The highest BCUT2D eigenvalue weighted by molar-refractivity contribution is 6.34. The van der Waals surface area contributed by atoms with Crippen LogP contribution in [-0.4, -0.2) is 30.1 Å². The molecule has 0 aliphatic carbocycles. The molecule has 0 atom stereocenters. The molecule has 0 radical (unpaired) electrons. The quantitative estimate of drug-likeness (QED) is 0.380. The molecule has 0 saturated heterocycles. The van der Waals surface area contributed by atoms with Gasteiger partial charge in [0.2, 0.25) is 0 Å². The smallest absolute Gasteiger partial charge is 0.329 e. The predicted octanol–water partition coefficient (Wildman–Crippen LogP) is -0.722. The molecule has 0 fully saturated rings. The van der Waals surface area contributed by atoms with Crippen molar-refractivity contribution in [3.63, 3.8) is 0 Å². The Kier molecular flexibility index (Phi) is 3.96. The number of carbonyl (C=O) groups is 2. The molecule has 0 unspecified atom stereocenters. The summed E-state index contributed by atoms with van der Waals surface area (Å²) in [5, 5.41) is 5.74. The molecule has 1 rings (SSSR count). The Hall–Kier alpha value is -2.24. The average Bonchev–Trinajstić information content (AvgIpc) is 2.29. The highest BCUT2D eigenvalue weighted by Crippen LogP contribution is 1.87. The van der Waals surface area contributed by atoms with E-state index in [1.165, 1.54) is 13.3 Å². The molecule has 15 heavy (non-hydrogen) atoms. The van der Waals surface area contributed by atoms with E-state index in [1.54, 1.807) is 24.4 Å². The number of likely N-dealkylation sites (N-methyl/N-ethyl adjacent to an activating group) is 1. The topological polar surface area (TPSA) is 83.5 Å². The summed E-state index contributed by atoms with van der Waals surface area (Å²) in [5.74, 6) is -1.56. The number of nitrogens with zero attached hydrogens (tertiary/aromatic N) is 2. The Balaban J connectivity index is 2.47. The van der Waals surface area contributed by atoms with E-state index in [-0.39, 0.29) is 0 Å². The highest BCUT2D eigenvalue weighted by Gasteiger charge is 2.08. The Morgan fingerprint density at radius 2 is 2.20 bits per heavy atom. The summed E-state index contributed by atoms with van der Waals surface area (Å²) in [6.07, 6.45) is 2.95. The van der Waals surface area contributed by atoms with Gasteiger partial charge in [-0.3, -0.25) is 14.6 Å². The molecular weight excluding hydrogens is 196 g/mol. The Morgan fingerprint density at radius 1 is 1.40 bits per heavy atom. The van der Waals surface area contributed by atoms with Crippen LogP contribution in [-0.2, 0) is 9.59 Å². The van der Waals surface area contributed by atoms with E-state index in [4.69, 9.17) is 0 Å². The Morgan fingerprint density at radius 3 is 2.80 bits per heavy atom. The first-order valence-corrected chi connectivity index (χ1v) is 4.20. The number of hydrazone groups is 1. The van der Waals surface area contributed by atoms with Crippen molar-refractivity contribution in [1.29, 1.82) is 0 Å². The standard InChI is InChI=1S/C9H10N4O2/c1-10-8(14)9(15)13-12-6-7-4-2-3-5-11-7/h2-6H,1H3,(H,10,14)(H,13,15). The van der Waals surface area contributed by atoms with Crippen LogP contribution < -0.4 is 10.7 Å². The molecule has 0 aliphatic heterocycles. The third-order valence-electron chi connectivity index (χ3n) is 1.48. The van der Waals surface area contributed by atoms with Gasteiger partial charge in [0.25, 0.3) is 0 Å². The van der Waals surface area contributed by atoms with Crippen LogP contribution in [0.1, 0.15) is 5.69 Å². The first-order chi connectivity index (χ1) is 7.24. The van der Waals surface area contributed by atoms with Crippen molar-refractivity contribution < 1.29 is 9.59 Å². The number of hydrogen-bond donors (Lipinski definition) is 2. The molecule has 1 heterocycles.